The van der Waals surface area contributed by atoms with Crippen molar-refractivity contribution in [3.8, 4) is 0 Å². The maximum atomic E-state index is 5.49. The second-order valence-corrected chi connectivity index (χ2v) is 2.93. The first kappa shape index (κ1) is 12.3. The topological polar surface area (TPSA) is 18.5 Å². The van der Waals surface area contributed by atoms with Gasteiger partial charge in [-0.25, -0.2) is 0 Å². The van der Waals surface area contributed by atoms with Crippen molar-refractivity contribution in [2.75, 3.05) is 13.2 Å². The molecule has 1 fully saturated rings. The van der Waals surface area contributed by atoms with Gasteiger partial charge in [0.05, 0.1) is 13.2 Å². The SMILES string of the molecule is CC1(c2cc[c-]cc2)OCCO1.[Zn+][Br]. The molecule has 1 aliphatic rings. The Morgan fingerprint density at radius 1 is 1.29 bits per heavy atom. The van der Waals surface area contributed by atoms with Gasteiger partial charge in [0.2, 0.25) is 0 Å². The van der Waals surface area contributed by atoms with Gasteiger partial charge in [-0.15, -0.1) is 0 Å². The average molecular weight is 308 g/mol. The summed E-state index contributed by atoms with van der Waals surface area (Å²) in [6.07, 6.45) is 0. The minimum absolute atomic E-state index is 0.533. The van der Waals surface area contributed by atoms with Crippen molar-refractivity contribution < 1.29 is 25.8 Å². The zero-order valence-corrected chi connectivity index (χ0v) is 12.7. The van der Waals surface area contributed by atoms with E-state index in [1.54, 1.807) is 0 Å². The van der Waals surface area contributed by atoms with E-state index in [1.807, 2.05) is 31.2 Å². The van der Waals surface area contributed by atoms with Gasteiger partial charge in [-0.3, -0.25) is 0 Å². The fourth-order valence-electron chi connectivity index (χ4n) is 1.37. The summed E-state index contributed by atoms with van der Waals surface area (Å²) in [7, 11) is 0. The zero-order chi connectivity index (χ0) is 10.4. The third-order valence-electron chi connectivity index (χ3n) is 2.08. The van der Waals surface area contributed by atoms with Crippen LogP contribution in [0, 0.1) is 6.07 Å². The summed E-state index contributed by atoms with van der Waals surface area (Å²) in [5.74, 6) is -0.533. The van der Waals surface area contributed by atoms with Gasteiger partial charge < -0.3 is 9.47 Å². The van der Waals surface area contributed by atoms with Crippen molar-refractivity contribution in [1.82, 2.24) is 0 Å². The molecule has 2 nitrogen and oxygen atoms in total. The van der Waals surface area contributed by atoms with E-state index in [0.717, 1.165) is 5.56 Å². The van der Waals surface area contributed by atoms with Gasteiger partial charge >= 0.3 is 30.0 Å². The molecule has 1 aromatic carbocycles. The molecular weight excluding hydrogens is 297 g/mol. The fourth-order valence-corrected chi connectivity index (χ4v) is 1.37. The van der Waals surface area contributed by atoms with E-state index in [2.05, 4.69) is 19.7 Å². The predicted molar refractivity (Wildman–Crippen MR) is 53.5 cm³/mol. The first-order chi connectivity index (χ1) is 6.81. The van der Waals surface area contributed by atoms with Gasteiger partial charge in [0.15, 0.2) is 5.79 Å². The van der Waals surface area contributed by atoms with E-state index in [-0.39, 0.29) is 0 Å². The Morgan fingerprint density at radius 3 is 2.29 bits per heavy atom. The van der Waals surface area contributed by atoms with Crippen LogP contribution in [-0.2, 0) is 31.6 Å². The Bertz CT molecular complexity index is 260. The van der Waals surface area contributed by atoms with E-state index >= 15 is 0 Å². The number of benzene rings is 1. The number of rotatable bonds is 1. The Kier molecular flexibility index (Phi) is 5.25. The summed E-state index contributed by atoms with van der Waals surface area (Å²) in [6.45, 7) is 3.29. The van der Waals surface area contributed by atoms with Crippen LogP contribution >= 0.6 is 13.6 Å². The van der Waals surface area contributed by atoms with Crippen LogP contribution in [0.3, 0.4) is 0 Å². The number of halogens is 1. The van der Waals surface area contributed by atoms with Crippen LogP contribution in [-0.4, -0.2) is 13.2 Å². The van der Waals surface area contributed by atoms with Gasteiger partial charge in [-0.2, -0.15) is 30.3 Å². The summed E-state index contributed by atoms with van der Waals surface area (Å²) in [5, 5.41) is 0. The molecule has 1 heterocycles. The molecule has 0 amide bonds. The van der Waals surface area contributed by atoms with Crippen molar-refractivity contribution >= 4 is 13.6 Å². The molecule has 1 aliphatic heterocycles. The molecule has 14 heavy (non-hydrogen) atoms. The van der Waals surface area contributed by atoms with Gasteiger partial charge in [0, 0.05) is 0 Å². The summed E-state index contributed by atoms with van der Waals surface area (Å²) in [6, 6.07) is 10.6. The van der Waals surface area contributed by atoms with Gasteiger partial charge in [-0.05, 0) is 6.92 Å². The Balaban J connectivity index is 0.000000461. The van der Waals surface area contributed by atoms with Crippen LogP contribution in [0.5, 0.6) is 0 Å². The van der Waals surface area contributed by atoms with Crippen molar-refractivity contribution in [1.29, 1.82) is 0 Å². The van der Waals surface area contributed by atoms with E-state index in [9.17, 15) is 0 Å². The Labute approximate surface area is 101 Å². The van der Waals surface area contributed by atoms with Gasteiger partial charge in [0.25, 0.3) is 0 Å². The van der Waals surface area contributed by atoms with E-state index in [4.69, 9.17) is 9.47 Å². The maximum absolute atomic E-state index is 5.49. The first-order valence-electron chi connectivity index (χ1n) is 4.32. The summed E-state index contributed by atoms with van der Waals surface area (Å²) in [4.78, 5) is 0. The average Bonchev–Trinajstić information content (AvgIpc) is 2.71. The normalized spacial score (nSPS) is 18.6. The molecule has 2 rings (SSSR count). The first-order valence-corrected chi connectivity index (χ1v) is 11.3. The summed E-state index contributed by atoms with van der Waals surface area (Å²) in [5.41, 5.74) is 1.05. The zero-order valence-electron chi connectivity index (χ0n) is 8.13. The molecular formula is C10H11BrO2Zn. The molecule has 0 atom stereocenters. The molecule has 72 valence electrons. The van der Waals surface area contributed by atoms with Crippen molar-refractivity contribution in [2.24, 2.45) is 0 Å². The second-order valence-electron chi connectivity index (χ2n) is 2.93. The molecule has 0 bridgehead atoms. The number of ether oxygens (including phenoxy) is 2. The molecule has 0 aliphatic carbocycles. The minimum atomic E-state index is -0.533. The Morgan fingerprint density at radius 2 is 1.79 bits per heavy atom. The fraction of sp³-hybridized carbons (Fsp3) is 0.400. The monoisotopic (exact) mass is 306 g/mol. The third kappa shape index (κ3) is 2.86. The quantitative estimate of drug-likeness (QED) is 0.586. The van der Waals surface area contributed by atoms with Crippen LogP contribution in [0.15, 0.2) is 24.3 Å². The molecule has 0 aromatic heterocycles. The standard InChI is InChI=1S/C10H11O2.BrH.Zn/c1-10(11-7-8-12-10)9-5-3-2-4-6-9;;/h3-6H,7-8H2,1H3;1H;/q-1;;+2/p-1. The van der Waals surface area contributed by atoms with Gasteiger partial charge in [0.1, 0.15) is 0 Å². The van der Waals surface area contributed by atoms with Crippen LogP contribution in [0.25, 0.3) is 0 Å². The number of hydrogen-bond acceptors (Lipinski definition) is 2. The number of hydrogen-bond donors (Lipinski definition) is 0. The predicted octanol–water partition coefficient (Wildman–Crippen LogP) is 2.55. The molecule has 4 heteroatoms. The van der Waals surface area contributed by atoms with E-state index in [1.165, 1.54) is 16.3 Å². The summed E-state index contributed by atoms with van der Waals surface area (Å²) >= 11 is 4.25. The van der Waals surface area contributed by atoms with Crippen molar-refractivity contribution in [2.45, 2.75) is 12.7 Å². The molecule has 0 spiro atoms. The molecule has 0 saturated carbocycles. The van der Waals surface area contributed by atoms with Crippen LogP contribution < -0.4 is 0 Å². The summed E-state index contributed by atoms with van der Waals surface area (Å²) < 4.78 is 11.0. The molecule has 0 radical (unpaired) electrons. The van der Waals surface area contributed by atoms with Gasteiger partial charge in [-0.1, -0.05) is 5.56 Å². The van der Waals surface area contributed by atoms with Crippen LogP contribution in [0.1, 0.15) is 12.5 Å². The Hall–Kier alpha value is 0.243. The van der Waals surface area contributed by atoms with Crippen molar-refractivity contribution in [3.63, 3.8) is 0 Å². The molecule has 1 aromatic rings. The second kappa shape index (κ2) is 5.96. The van der Waals surface area contributed by atoms with E-state index < -0.39 is 5.79 Å². The molecule has 0 N–H and O–H groups in total. The van der Waals surface area contributed by atoms with Crippen molar-refractivity contribution in [3.05, 3.63) is 35.9 Å². The van der Waals surface area contributed by atoms with E-state index in [0.29, 0.717) is 13.2 Å². The van der Waals surface area contributed by atoms with Crippen LogP contribution in [0.4, 0.5) is 0 Å². The third-order valence-corrected chi connectivity index (χ3v) is 2.08. The molecule has 1 saturated heterocycles. The molecule has 0 unspecified atom stereocenters. The van der Waals surface area contributed by atoms with Crippen LogP contribution in [0.2, 0.25) is 0 Å².